The van der Waals surface area contributed by atoms with Gasteiger partial charge in [-0.15, -0.1) is 5.10 Å². The minimum Gasteiger partial charge on any atom is -0.353 e. The van der Waals surface area contributed by atoms with E-state index in [0.29, 0.717) is 0 Å². The summed E-state index contributed by atoms with van der Waals surface area (Å²) in [6.45, 7) is 2.97. The van der Waals surface area contributed by atoms with E-state index in [1.165, 1.54) is 19.3 Å². The van der Waals surface area contributed by atoms with Crippen LogP contribution in [0.3, 0.4) is 0 Å². The van der Waals surface area contributed by atoms with Gasteiger partial charge in [0.05, 0.1) is 0 Å². The largest absolute Gasteiger partial charge is 0.353 e. The van der Waals surface area contributed by atoms with E-state index in [1.54, 1.807) is 5.57 Å². The van der Waals surface area contributed by atoms with Gasteiger partial charge in [0, 0.05) is 12.7 Å². The third-order valence-corrected chi connectivity index (χ3v) is 3.42. The number of hydrogen-bond donors (Lipinski definition) is 1. The summed E-state index contributed by atoms with van der Waals surface area (Å²) < 4.78 is 1.83. The molecule has 0 unspecified atom stereocenters. The third-order valence-electron chi connectivity index (χ3n) is 3.42. The van der Waals surface area contributed by atoms with Crippen molar-refractivity contribution in [3.05, 3.63) is 35.5 Å². The van der Waals surface area contributed by atoms with Crippen LogP contribution in [0.1, 0.15) is 31.2 Å². The molecule has 0 amide bonds. The first-order valence-electron chi connectivity index (χ1n) is 6.57. The first kappa shape index (κ1) is 11.3. The maximum Gasteiger partial charge on any atom is 0.243 e. The third kappa shape index (κ3) is 2.23. The van der Waals surface area contributed by atoms with E-state index < -0.39 is 0 Å². The number of aryl methyl sites for hydroxylation is 1. The molecule has 1 aliphatic rings. The van der Waals surface area contributed by atoms with Gasteiger partial charge in [-0.2, -0.15) is 4.98 Å². The lowest BCUT2D eigenvalue weighted by Crippen LogP contribution is -2.03. The van der Waals surface area contributed by atoms with Crippen LogP contribution in [-0.2, 0) is 0 Å². The van der Waals surface area contributed by atoms with E-state index in [9.17, 15) is 0 Å². The molecule has 0 radical (unpaired) electrons. The van der Waals surface area contributed by atoms with Crippen LogP contribution in [0.4, 0.5) is 5.95 Å². The quantitative estimate of drug-likeness (QED) is 0.838. The van der Waals surface area contributed by atoms with Crippen LogP contribution in [0.25, 0.3) is 5.65 Å². The molecule has 18 heavy (non-hydrogen) atoms. The summed E-state index contributed by atoms with van der Waals surface area (Å²) in [5.41, 5.74) is 3.65. The molecule has 4 nitrogen and oxygen atoms in total. The molecule has 0 aliphatic heterocycles. The standard InChI is InChI=1S/C14H18N4/c1-11-5-4-10-18-13(11)16-14(17-18)15-9-8-12-6-2-3-7-12/h4-6,10H,2-3,7-9H2,1H3,(H,15,17). The fourth-order valence-electron chi connectivity index (χ4n) is 2.41. The molecule has 2 aromatic rings. The van der Waals surface area contributed by atoms with Gasteiger partial charge in [0.1, 0.15) is 0 Å². The van der Waals surface area contributed by atoms with Crippen molar-refractivity contribution >= 4 is 11.6 Å². The highest BCUT2D eigenvalue weighted by Crippen LogP contribution is 2.20. The summed E-state index contributed by atoms with van der Waals surface area (Å²) in [7, 11) is 0. The van der Waals surface area contributed by atoms with E-state index in [2.05, 4.69) is 34.5 Å². The summed E-state index contributed by atoms with van der Waals surface area (Å²) in [6, 6.07) is 4.04. The molecule has 0 saturated heterocycles. The molecule has 2 aromatic heterocycles. The fraction of sp³-hybridized carbons (Fsp3) is 0.429. The van der Waals surface area contributed by atoms with Crippen LogP contribution in [0.15, 0.2) is 30.0 Å². The van der Waals surface area contributed by atoms with Crippen molar-refractivity contribution in [3.8, 4) is 0 Å². The molecule has 0 saturated carbocycles. The zero-order valence-electron chi connectivity index (χ0n) is 10.7. The maximum atomic E-state index is 4.50. The molecular weight excluding hydrogens is 224 g/mol. The van der Waals surface area contributed by atoms with E-state index in [4.69, 9.17) is 0 Å². The highest BCUT2D eigenvalue weighted by molar-refractivity contribution is 5.49. The van der Waals surface area contributed by atoms with E-state index in [0.717, 1.165) is 30.1 Å². The van der Waals surface area contributed by atoms with Gasteiger partial charge in [0.15, 0.2) is 5.65 Å². The van der Waals surface area contributed by atoms with Crippen LogP contribution >= 0.6 is 0 Å². The predicted octanol–water partition coefficient (Wildman–Crippen LogP) is 2.95. The molecule has 1 N–H and O–H groups in total. The lowest BCUT2D eigenvalue weighted by Gasteiger charge is -2.02. The Labute approximate surface area is 107 Å². The minimum absolute atomic E-state index is 0.725. The topological polar surface area (TPSA) is 42.2 Å². The molecule has 3 rings (SSSR count). The number of nitrogens with one attached hydrogen (secondary N) is 1. The number of aromatic nitrogens is 3. The monoisotopic (exact) mass is 242 g/mol. The van der Waals surface area contributed by atoms with Crippen LogP contribution in [0, 0.1) is 6.92 Å². The smallest absolute Gasteiger partial charge is 0.243 e. The van der Waals surface area contributed by atoms with Gasteiger partial charge < -0.3 is 5.32 Å². The van der Waals surface area contributed by atoms with Crippen LogP contribution in [0.2, 0.25) is 0 Å². The number of anilines is 1. The second-order valence-electron chi connectivity index (χ2n) is 4.83. The van der Waals surface area contributed by atoms with Crippen molar-refractivity contribution in [3.63, 3.8) is 0 Å². The van der Waals surface area contributed by atoms with Gasteiger partial charge in [-0.05, 0) is 44.2 Å². The SMILES string of the molecule is Cc1cccn2nc(NCCC3=CCCC3)nc12. The predicted molar refractivity (Wildman–Crippen MR) is 72.8 cm³/mol. The number of rotatable bonds is 4. The molecule has 0 fully saturated rings. The average molecular weight is 242 g/mol. The Morgan fingerprint density at radius 3 is 3.17 bits per heavy atom. The zero-order valence-corrected chi connectivity index (χ0v) is 10.7. The normalized spacial score (nSPS) is 15.1. The second kappa shape index (κ2) is 4.80. The van der Waals surface area contributed by atoms with Gasteiger partial charge in [-0.1, -0.05) is 17.7 Å². The van der Waals surface area contributed by atoms with Gasteiger partial charge in [-0.3, -0.25) is 0 Å². The van der Waals surface area contributed by atoms with Crippen LogP contribution in [0.5, 0.6) is 0 Å². The van der Waals surface area contributed by atoms with Crippen molar-refractivity contribution in [2.45, 2.75) is 32.6 Å². The van der Waals surface area contributed by atoms with Gasteiger partial charge in [-0.25, -0.2) is 4.52 Å². The summed E-state index contributed by atoms with van der Waals surface area (Å²) in [6.07, 6.45) is 9.24. The number of pyridine rings is 1. The van der Waals surface area contributed by atoms with Crippen molar-refractivity contribution in [2.75, 3.05) is 11.9 Å². The molecule has 0 atom stereocenters. The van der Waals surface area contributed by atoms with E-state index in [-0.39, 0.29) is 0 Å². The summed E-state index contributed by atoms with van der Waals surface area (Å²) in [4.78, 5) is 4.50. The number of nitrogens with zero attached hydrogens (tertiary/aromatic N) is 3. The van der Waals surface area contributed by atoms with Gasteiger partial charge in [0.25, 0.3) is 0 Å². The van der Waals surface area contributed by atoms with Gasteiger partial charge >= 0.3 is 0 Å². The van der Waals surface area contributed by atoms with Crippen molar-refractivity contribution < 1.29 is 0 Å². The van der Waals surface area contributed by atoms with Crippen LogP contribution < -0.4 is 5.32 Å². The van der Waals surface area contributed by atoms with Crippen molar-refractivity contribution in [1.29, 1.82) is 0 Å². The molecule has 4 heteroatoms. The highest BCUT2D eigenvalue weighted by atomic mass is 15.3. The van der Waals surface area contributed by atoms with E-state index >= 15 is 0 Å². The summed E-state index contributed by atoms with van der Waals surface area (Å²) in [5.74, 6) is 0.725. The zero-order chi connectivity index (χ0) is 12.4. The first-order chi connectivity index (χ1) is 8.83. The number of fused-ring (bicyclic) bond motifs is 1. The summed E-state index contributed by atoms with van der Waals surface area (Å²) in [5, 5.41) is 7.72. The Balaban J connectivity index is 1.65. The van der Waals surface area contributed by atoms with Crippen LogP contribution in [-0.4, -0.2) is 21.1 Å². The fourth-order valence-corrected chi connectivity index (χ4v) is 2.41. The van der Waals surface area contributed by atoms with Gasteiger partial charge in [0.2, 0.25) is 5.95 Å². The average Bonchev–Trinajstić information content (AvgIpc) is 2.98. The molecule has 0 aromatic carbocycles. The minimum atomic E-state index is 0.725. The Hall–Kier alpha value is -1.84. The Kier molecular flexibility index (Phi) is 3.00. The van der Waals surface area contributed by atoms with E-state index in [1.807, 2.05) is 16.8 Å². The maximum absolute atomic E-state index is 4.50. The highest BCUT2D eigenvalue weighted by Gasteiger charge is 2.06. The molecule has 0 bridgehead atoms. The Morgan fingerprint density at radius 1 is 1.44 bits per heavy atom. The summed E-state index contributed by atoms with van der Waals surface area (Å²) >= 11 is 0. The second-order valence-corrected chi connectivity index (χ2v) is 4.83. The molecule has 2 heterocycles. The Bertz CT molecular complexity index is 582. The van der Waals surface area contributed by atoms with Crippen molar-refractivity contribution in [1.82, 2.24) is 14.6 Å². The molecular formula is C14H18N4. The molecule has 0 spiro atoms. The number of hydrogen-bond acceptors (Lipinski definition) is 3. The molecule has 94 valence electrons. The van der Waals surface area contributed by atoms with Crippen molar-refractivity contribution in [2.24, 2.45) is 0 Å². The first-order valence-corrected chi connectivity index (χ1v) is 6.57. The molecule has 1 aliphatic carbocycles. The Morgan fingerprint density at radius 2 is 2.39 bits per heavy atom. The lowest BCUT2D eigenvalue weighted by molar-refractivity contribution is 0.857. The number of allylic oxidation sites excluding steroid dienone is 1. The lowest BCUT2D eigenvalue weighted by atomic mass is 10.2.